The van der Waals surface area contributed by atoms with Gasteiger partial charge in [-0.1, -0.05) is 23.7 Å². The third-order valence-electron chi connectivity index (χ3n) is 3.82. The molecule has 2 aromatic carbocycles. The number of anilines is 1. The van der Waals surface area contributed by atoms with Gasteiger partial charge in [-0.2, -0.15) is 0 Å². The van der Waals surface area contributed by atoms with E-state index in [-0.39, 0.29) is 16.3 Å². The van der Waals surface area contributed by atoms with Gasteiger partial charge in [0, 0.05) is 36.4 Å². The highest BCUT2D eigenvalue weighted by atomic mass is 35.5. The third kappa shape index (κ3) is 4.93. The summed E-state index contributed by atoms with van der Waals surface area (Å²) in [5.41, 5.74) is 1.95. The Labute approximate surface area is 151 Å². The number of benzene rings is 2. The summed E-state index contributed by atoms with van der Waals surface area (Å²) in [6.07, 6.45) is 0. The number of carbonyl (C=O) groups is 1. The molecular formula is C18H20ClN3O3. The molecule has 0 aliphatic rings. The molecule has 0 radical (unpaired) electrons. The molecule has 25 heavy (non-hydrogen) atoms. The van der Waals surface area contributed by atoms with Crippen molar-refractivity contribution in [1.29, 1.82) is 0 Å². The first-order chi connectivity index (χ1) is 11.9. The fourth-order valence-electron chi connectivity index (χ4n) is 2.54. The summed E-state index contributed by atoms with van der Waals surface area (Å²) in [7, 11) is 0. The van der Waals surface area contributed by atoms with Crippen LogP contribution in [0.4, 0.5) is 11.4 Å². The van der Waals surface area contributed by atoms with Crippen molar-refractivity contribution in [2.45, 2.75) is 13.8 Å². The van der Waals surface area contributed by atoms with E-state index in [2.05, 4.69) is 16.3 Å². The molecule has 0 aliphatic heterocycles. The van der Waals surface area contributed by atoms with E-state index in [1.807, 2.05) is 32.0 Å². The van der Waals surface area contributed by atoms with Crippen molar-refractivity contribution in [2.24, 2.45) is 0 Å². The highest BCUT2D eigenvalue weighted by Crippen LogP contribution is 2.22. The molecule has 2 rings (SSSR count). The Kier molecular flexibility index (Phi) is 6.36. The average molecular weight is 362 g/mol. The maximum atomic E-state index is 12.3. The maximum absolute atomic E-state index is 12.3. The molecule has 0 unspecified atom stereocenters. The summed E-state index contributed by atoms with van der Waals surface area (Å²) in [5, 5.41) is 14.1. The van der Waals surface area contributed by atoms with Crippen molar-refractivity contribution >= 4 is 28.9 Å². The van der Waals surface area contributed by atoms with E-state index in [0.29, 0.717) is 13.1 Å². The minimum absolute atomic E-state index is 0.0314. The molecule has 0 saturated heterocycles. The lowest BCUT2D eigenvalue weighted by atomic mass is 10.1. The monoisotopic (exact) mass is 361 g/mol. The number of hydrogen-bond acceptors (Lipinski definition) is 4. The molecule has 0 saturated carbocycles. The standard InChI is InChI=1S/C18H20ClN3O3/c1-3-21(15-6-4-5-13(2)11-15)10-9-20-18(23)16-12-14(19)7-8-17(16)22(24)25/h4-8,11-12H,3,9-10H2,1-2H3,(H,20,23). The highest BCUT2D eigenvalue weighted by Gasteiger charge is 2.20. The predicted molar refractivity (Wildman–Crippen MR) is 99.5 cm³/mol. The first kappa shape index (κ1) is 18.7. The number of likely N-dealkylation sites (N-methyl/N-ethyl adjacent to an activating group) is 1. The number of halogens is 1. The molecule has 0 spiro atoms. The predicted octanol–water partition coefficient (Wildman–Crippen LogP) is 3.81. The van der Waals surface area contributed by atoms with E-state index < -0.39 is 10.8 Å². The summed E-state index contributed by atoms with van der Waals surface area (Å²) in [6, 6.07) is 12.1. The van der Waals surface area contributed by atoms with Crippen LogP contribution in [0.3, 0.4) is 0 Å². The molecule has 2 aromatic rings. The minimum atomic E-state index is -0.587. The molecule has 132 valence electrons. The van der Waals surface area contributed by atoms with Crippen molar-refractivity contribution in [2.75, 3.05) is 24.5 Å². The van der Waals surface area contributed by atoms with Crippen LogP contribution in [0.25, 0.3) is 0 Å². The van der Waals surface area contributed by atoms with Crippen LogP contribution in [-0.2, 0) is 0 Å². The number of aryl methyl sites for hydroxylation is 1. The third-order valence-corrected chi connectivity index (χ3v) is 4.05. The van der Waals surface area contributed by atoms with E-state index >= 15 is 0 Å². The number of nitrogens with zero attached hydrogens (tertiary/aromatic N) is 2. The van der Waals surface area contributed by atoms with E-state index in [0.717, 1.165) is 17.8 Å². The van der Waals surface area contributed by atoms with Crippen LogP contribution < -0.4 is 10.2 Å². The largest absolute Gasteiger partial charge is 0.370 e. The molecule has 0 atom stereocenters. The summed E-state index contributed by atoms with van der Waals surface area (Å²) in [5.74, 6) is -0.505. The molecule has 6 nitrogen and oxygen atoms in total. The molecule has 0 heterocycles. The summed E-state index contributed by atoms with van der Waals surface area (Å²) in [4.78, 5) is 24.9. The van der Waals surface area contributed by atoms with Crippen molar-refractivity contribution in [3.63, 3.8) is 0 Å². The molecular weight excluding hydrogens is 342 g/mol. The second-order valence-electron chi connectivity index (χ2n) is 5.59. The van der Waals surface area contributed by atoms with Crippen LogP contribution in [0.5, 0.6) is 0 Å². The SMILES string of the molecule is CCN(CCNC(=O)c1cc(Cl)ccc1[N+](=O)[O-])c1cccc(C)c1. The van der Waals surface area contributed by atoms with E-state index in [1.165, 1.54) is 18.2 Å². The maximum Gasteiger partial charge on any atom is 0.282 e. The zero-order chi connectivity index (χ0) is 18.4. The van der Waals surface area contributed by atoms with Gasteiger partial charge in [0.25, 0.3) is 11.6 Å². The normalized spacial score (nSPS) is 10.4. The topological polar surface area (TPSA) is 75.5 Å². The van der Waals surface area contributed by atoms with Crippen LogP contribution in [0.2, 0.25) is 5.02 Å². The molecule has 7 heteroatoms. The molecule has 0 fully saturated rings. The number of nitrogens with one attached hydrogen (secondary N) is 1. The lowest BCUT2D eigenvalue weighted by Gasteiger charge is -2.23. The van der Waals surface area contributed by atoms with E-state index in [9.17, 15) is 14.9 Å². The summed E-state index contributed by atoms with van der Waals surface area (Å²) < 4.78 is 0. The number of nitro groups is 1. The van der Waals surface area contributed by atoms with Crippen LogP contribution in [0, 0.1) is 17.0 Å². The number of amides is 1. The second-order valence-corrected chi connectivity index (χ2v) is 6.03. The minimum Gasteiger partial charge on any atom is -0.370 e. The second kappa shape index (κ2) is 8.48. The Morgan fingerprint density at radius 2 is 2.04 bits per heavy atom. The molecule has 1 N–H and O–H groups in total. The lowest BCUT2D eigenvalue weighted by Crippen LogP contribution is -2.35. The Hall–Kier alpha value is -2.60. The Bertz CT molecular complexity index is 780. The van der Waals surface area contributed by atoms with Gasteiger partial charge in [-0.25, -0.2) is 0 Å². The van der Waals surface area contributed by atoms with Gasteiger partial charge in [-0.3, -0.25) is 14.9 Å². The quantitative estimate of drug-likeness (QED) is 0.601. The van der Waals surface area contributed by atoms with Gasteiger partial charge in [0.2, 0.25) is 0 Å². The van der Waals surface area contributed by atoms with Crippen molar-refractivity contribution in [1.82, 2.24) is 5.32 Å². The molecule has 0 bridgehead atoms. The van der Waals surface area contributed by atoms with Gasteiger partial charge in [0.1, 0.15) is 5.56 Å². The van der Waals surface area contributed by atoms with Crippen molar-refractivity contribution in [3.8, 4) is 0 Å². The van der Waals surface area contributed by atoms with Gasteiger partial charge in [-0.05, 0) is 43.7 Å². The zero-order valence-corrected chi connectivity index (χ0v) is 14.9. The molecule has 1 amide bonds. The Morgan fingerprint density at radius 1 is 1.28 bits per heavy atom. The average Bonchev–Trinajstić information content (AvgIpc) is 2.58. The molecule has 0 aliphatic carbocycles. The summed E-state index contributed by atoms with van der Waals surface area (Å²) >= 11 is 5.86. The number of hydrogen-bond donors (Lipinski definition) is 1. The zero-order valence-electron chi connectivity index (χ0n) is 14.2. The number of carbonyl (C=O) groups excluding carboxylic acids is 1. The molecule has 0 aromatic heterocycles. The van der Waals surface area contributed by atoms with E-state index in [4.69, 9.17) is 11.6 Å². The number of nitro benzene ring substituents is 1. The highest BCUT2D eigenvalue weighted by molar-refractivity contribution is 6.31. The van der Waals surface area contributed by atoms with Gasteiger partial charge in [0.15, 0.2) is 0 Å². The lowest BCUT2D eigenvalue weighted by molar-refractivity contribution is -0.385. The van der Waals surface area contributed by atoms with Gasteiger partial charge >= 0.3 is 0 Å². The number of rotatable bonds is 7. The van der Waals surface area contributed by atoms with Crippen molar-refractivity contribution in [3.05, 3.63) is 68.7 Å². The Balaban J connectivity index is 2.02. The van der Waals surface area contributed by atoms with Crippen LogP contribution in [0.1, 0.15) is 22.8 Å². The van der Waals surface area contributed by atoms with Crippen LogP contribution in [0.15, 0.2) is 42.5 Å². The fourth-order valence-corrected chi connectivity index (χ4v) is 2.72. The van der Waals surface area contributed by atoms with Gasteiger partial charge in [-0.15, -0.1) is 0 Å². The van der Waals surface area contributed by atoms with Crippen LogP contribution in [-0.4, -0.2) is 30.5 Å². The van der Waals surface area contributed by atoms with Crippen LogP contribution >= 0.6 is 11.6 Å². The van der Waals surface area contributed by atoms with Gasteiger partial charge in [0.05, 0.1) is 4.92 Å². The smallest absolute Gasteiger partial charge is 0.282 e. The first-order valence-electron chi connectivity index (χ1n) is 7.96. The summed E-state index contributed by atoms with van der Waals surface area (Å²) in [6.45, 7) is 5.81. The van der Waals surface area contributed by atoms with E-state index in [1.54, 1.807) is 0 Å². The van der Waals surface area contributed by atoms with Gasteiger partial charge < -0.3 is 10.2 Å². The Morgan fingerprint density at radius 3 is 2.68 bits per heavy atom. The first-order valence-corrected chi connectivity index (χ1v) is 8.34. The van der Waals surface area contributed by atoms with Crippen molar-refractivity contribution < 1.29 is 9.72 Å². The fraction of sp³-hybridized carbons (Fsp3) is 0.278.